The molecule has 2 heterocycles. The Labute approximate surface area is 185 Å². The molecule has 174 valence electrons. The Balaban J connectivity index is 1.50. The predicted molar refractivity (Wildman–Crippen MR) is 109 cm³/mol. The SMILES string of the molecule is CC(C)(C)OC(=O)N1CCC2(CC1)CN(C(=O)NCc1ccc(C#N)cc1C(F)(F)F)C2. The van der Waals surface area contributed by atoms with Gasteiger partial charge >= 0.3 is 18.3 Å². The lowest BCUT2D eigenvalue weighted by molar-refractivity contribution is -0.138. The van der Waals surface area contributed by atoms with Crippen LogP contribution in [0.5, 0.6) is 0 Å². The standard InChI is InChI=1S/C22H27F3N4O3/c1-20(2,3)32-19(31)28-8-6-21(7-9-28)13-29(14-21)18(30)27-12-16-5-4-15(11-26)10-17(16)22(23,24)25/h4-5,10H,6-9,12-14H2,1-3H3,(H,27,30). The number of alkyl halides is 3. The molecule has 3 amide bonds. The fourth-order valence-electron chi connectivity index (χ4n) is 4.06. The van der Waals surface area contributed by atoms with Crippen molar-refractivity contribution in [3.8, 4) is 6.07 Å². The number of hydrogen-bond donors (Lipinski definition) is 1. The second kappa shape index (κ2) is 8.52. The quantitative estimate of drug-likeness (QED) is 0.732. The topological polar surface area (TPSA) is 85.7 Å². The Bertz CT molecular complexity index is 918. The molecular formula is C22H27F3N4O3. The van der Waals surface area contributed by atoms with Crippen LogP contribution in [0, 0.1) is 16.7 Å². The molecule has 32 heavy (non-hydrogen) atoms. The summed E-state index contributed by atoms with van der Waals surface area (Å²) in [5.74, 6) is 0. The zero-order valence-electron chi connectivity index (χ0n) is 18.4. The van der Waals surface area contributed by atoms with Crippen LogP contribution in [0.25, 0.3) is 0 Å². The first-order valence-electron chi connectivity index (χ1n) is 10.4. The number of halogens is 3. The summed E-state index contributed by atoms with van der Waals surface area (Å²) in [6.45, 7) is 7.25. The van der Waals surface area contributed by atoms with Crippen molar-refractivity contribution in [2.45, 2.75) is 51.9 Å². The van der Waals surface area contributed by atoms with Gasteiger partial charge in [0, 0.05) is 38.1 Å². The molecule has 2 aliphatic rings. The number of urea groups is 1. The summed E-state index contributed by atoms with van der Waals surface area (Å²) in [5.41, 5.74) is -1.73. The van der Waals surface area contributed by atoms with Crippen molar-refractivity contribution in [1.82, 2.24) is 15.1 Å². The molecule has 0 aromatic heterocycles. The number of amides is 3. The third-order valence-electron chi connectivity index (χ3n) is 5.79. The number of hydrogen-bond acceptors (Lipinski definition) is 4. The van der Waals surface area contributed by atoms with Crippen molar-refractivity contribution < 1.29 is 27.5 Å². The van der Waals surface area contributed by atoms with Crippen LogP contribution in [-0.4, -0.2) is 53.7 Å². The number of likely N-dealkylation sites (tertiary alicyclic amines) is 2. The number of nitrogens with zero attached hydrogens (tertiary/aromatic N) is 3. The molecule has 1 N–H and O–H groups in total. The number of nitriles is 1. The van der Waals surface area contributed by atoms with E-state index in [2.05, 4.69) is 5.32 Å². The molecule has 1 spiro atoms. The molecule has 2 saturated heterocycles. The minimum absolute atomic E-state index is 0.0680. The van der Waals surface area contributed by atoms with Gasteiger partial charge in [-0.15, -0.1) is 0 Å². The van der Waals surface area contributed by atoms with Gasteiger partial charge in [0.25, 0.3) is 0 Å². The molecule has 0 saturated carbocycles. The van der Waals surface area contributed by atoms with Crippen LogP contribution >= 0.6 is 0 Å². The third-order valence-corrected chi connectivity index (χ3v) is 5.79. The van der Waals surface area contributed by atoms with Crippen LogP contribution in [0.15, 0.2) is 18.2 Å². The van der Waals surface area contributed by atoms with Crippen molar-refractivity contribution in [3.63, 3.8) is 0 Å². The Kier molecular flexibility index (Phi) is 6.31. The Morgan fingerprint density at radius 2 is 1.78 bits per heavy atom. The smallest absolute Gasteiger partial charge is 0.416 e. The Hall–Kier alpha value is -2.96. The molecule has 7 nitrogen and oxygen atoms in total. The highest BCUT2D eigenvalue weighted by molar-refractivity contribution is 5.75. The summed E-state index contributed by atoms with van der Waals surface area (Å²) < 4.78 is 45.2. The first-order chi connectivity index (χ1) is 14.8. The monoisotopic (exact) mass is 452 g/mol. The van der Waals surface area contributed by atoms with Crippen molar-refractivity contribution in [2.24, 2.45) is 5.41 Å². The molecule has 2 fully saturated rings. The third kappa shape index (κ3) is 5.44. The van der Waals surface area contributed by atoms with E-state index in [4.69, 9.17) is 10.00 Å². The number of carbonyl (C=O) groups excluding carboxylic acids is 2. The van der Waals surface area contributed by atoms with Gasteiger partial charge in [-0.05, 0) is 51.3 Å². The summed E-state index contributed by atoms with van der Waals surface area (Å²) >= 11 is 0. The van der Waals surface area contributed by atoms with E-state index in [0.29, 0.717) is 26.2 Å². The van der Waals surface area contributed by atoms with Gasteiger partial charge in [0.1, 0.15) is 5.60 Å². The van der Waals surface area contributed by atoms with E-state index in [0.717, 1.165) is 18.9 Å². The summed E-state index contributed by atoms with van der Waals surface area (Å²) in [6, 6.07) is 4.57. The summed E-state index contributed by atoms with van der Waals surface area (Å²) in [7, 11) is 0. The van der Waals surface area contributed by atoms with Crippen molar-refractivity contribution in [2.75, 3.05) is 26.2 Å². The highest BCUT2D eigenvalue weighted by Gasteiger charge is 2.47. The fourth-order valence-corrected chi connectivity index (χ4v) is 4.06. The van der Waals surface area contributed by atoms with E-state index < -0.39 is 23.4 Å². The Morgan fingerprint density at radius 1 is 1.16 bits per heavy atom. The summed E-state index contributed by atoms with van der Waals surface area (Å²) in [4.78, 5) is 27.9. The van der Waals surface area contributed by atoms with E-state index in [1.54, 1.807) is 15.9 Å². The van der Waals surface area contributed by atoms with Gasteiger partial charge in [0.2, 0.25) is 0 Å². The van der Waals surface area contributed by atoms with E-state index in [-0.39, 0.29) is 29.2 Å². The molecule has 0 bridgehead atoms. The maximum atomic E-state index is 13.3. The largest absolute Gasteiger partial charge is 0.444 e. The molecule has 1 aromatic carbocycles. The first kappa shape index (κ1) is 23.7. The van der Waals surface area contributed by atoms with E-state index in [1.807, 2.05) is 20.8 Å². The van der Waals surface area contributed by atoms with E-state index in [9.17, 15) is 22.8 Å². The van der Waals surface area contributed by atoms with Gasteiger partial charge < -0.3 is 19.9 Å². The average molecular weight is 452 g/mol. The average Bonchev–Trinajstić information content (AvgIpc) is 2.68. The number of carbonyl (C=O) groups is 2. The molecule has 0 radical (unpaired) electrons. The second-order valence-corrected chi connectivity index (χ2v) is 9.46. The van der Waals surface area contributed by atoms with Gasteiger partial charge in [-0.2, -0.15) is 18.4 Å². The molecule has 10 heteroatoms. The molecule has 2 aliphatic heterocycles. The van der Waals surface area contributed by atoms with Gasteiger partial charge in [-0.3, -0.25) is 0 Å². The van der Waals surface area contributed by atoms with Crippen LogP contribution in [-0.2, 0) is 17.5 Å². The van der Waals surface area contributed by atoms with Crippen LogP contribution in [0.1, 0.15) is 50.3 Å². The molecule has 0 aliphatic carbocycles. The second-order valence-electron chi connectivity index (χ2n) is 9.46. The lowest BCUT2D eigenvalue weighted by Gasteiger charge is -2.53. The Morgan fingerprint density at radius 3 is 2.31 bits per heavy atom. The van der Waals surface area contributed by atoms with Crippen LogP contribution in [0.3, 0.4) is 0 Å². The minimum atomic E-state index is -4.62. The van der Waals surface area contributed by atoms with Crippen molar-refractivity contribution >= 4 is 12.1 Å². The number of ether oxygens (including phenoxy) is 1. The fraction of sp³-hybridized carbons (Fsp3) is 0.591. The number of piperidine rings is 1. The highest BCUT2D eigenvalue weighted by Crippen LogP contribution is 2.40. The van der Waals surface area contributed by atoms with Gasteiger partial charge in [0.05, 0.1) is 17.2 Å². The molecule has 0 unspecified atom stereocenters. The molecule has 3 rings (SSSR count). The van der Waals surface area contributed by atoms with Crippen LogP contribution in [0.4, 0.5) is 22.8 Å². The summed E-state index contributed by atoms with van der Waals surface area (Å²) in [5, 5.41) is 11.4. The van der Waals surface area contributed by atoms with Crippen molar-refractivity contribution in [3.05, 3.63) is 34.9 Å². The van der Waals surface area contributed by atoms with Gasteiger partial charge in [-0.25, -0.2) is 9.59 Å². The lowest BCUT2D eigenvalue weighted by Crippen LogP contribution is -2.64. The molecular weight excluding hydrogens is 425 g/mol. The van der Waals surface area contributed by atoms with E-state index in [1.165, 1.54) is 12.1 Å². The maximum absolute atomic E-state index is 13.3. The van der Waals surface area contributed by atoms with Crippen LogP contribution < -0.4 is 5.32 Å². The van der Waals surface area contributed by atoms with Gasteiger partial charge in [-0.1, -0.05) is 6.07 Å². The predicted octanol–water partition coefficient (Wildman–Crippen LogP) is 4.12. The number of rotatable bonds is 2. The molecule has 0 atom stereocenters. The number of benzene rings is 1. The maximum Gasteiger partial charge on any atom is 0.416 e. The zero-order valence-corrected chi connectivity index (χ0v) is 18.4. The highest BCUT2D eigenvalue weighted by atomic mass is 19.4. The molecule has 1 aromatic rings. The van der Waals surface area contributed by atoms with Crippen LogP contribution in [0.2, 0.25) is 0 Å². The minimum Gasteiger partial charge on any atom is -0.444 e. The van der Waals surface area contributed by atoms with E-state index >= 15 is 0 Å². The lowest BCUT2D eigenvalue weighted by atomic mass is 9.72. The van der Waals surface area contributed by atoms with Gasteiger partial charge in [0.15, 0.2) is 0 Å². The first-order valence-corrected chi connectivity index (χ1v) is 10.4. The van der Waals surface area contributed by atoms with Crippen molar-refractivity contribution in [1.29, 1.82) is 5.26 Å². The normalized spacial score (nSPS) is 18.0. The zero-order chi connectivity index (χ0) is 23.7. The summed E-state index contributed by atoms with van der Waals surface area (Å²) in [6.07, 6.45) is -3.48. The number of nitrogens with one attached hydrogen (secondary N) is 1.